The summed E-state index contributed by atoms with van der Waals surface area (Å²) < 4.78 is 0. The Hall–Kier alpha value is -1.82. The number of carbonyl (C=O) groups excluding carboxylic acids is 2. The van der Waals surface area contributed by atoms with E-state index in [1.165, 1.54) is 17.3 Å². The van der Waals surface area contributed by atoms with E-state index in [2.05, 4.69) is 10.3 Å². The van der Waals surface area contributed by atoms with Gasteiger partial charge in [0.05, 0.1) is 5.25 Å². The van der Waals surface area contributed by atoms with Crippen molar-refractivity contribution in [2.45, 2.75) is 31.9 Å². The minimum Gasteiger partial charge on any atom is -0.355 e. The summed E-state index contributed by atoms with van der Waals surface area (Å²) >= 11 is 1.39. The van der Waals surface area contributed by atoms with Crippen LogP contribution >= 0.6 is 11.8 Å². The third kappa shape index (κ3) is 4.82. The van der Waals surface area contributed by atoms with Crippen molar-refractivity contribution in [2.24, 2.45) is 4.99 Å². The van der Waals surface area contributed by atoms with E-state index in [-0.39, 0.29) is 23.5 Å². The number of amidine groups is 1. The first kappa shape index (κ1) is 17.5. The summed E-state index contributed by atoms with van der Waals surface area (Å²) in [5, 5.41) is 3.21. The fourth-order valence-electron chi connectivity index (χ4n) is 2.41. The Kier molecular flexibility index (Phi) is 6.65. The SMILES string of the molecule is CCN=C1S[C@H](C(=O)NCCc2ccccc2)CC(=O)N1CC. The molecule has 0 aromatic heterocycles. The molecule has 0 bridgehead atoms. The molecule has 6 heteroatoms. The molecule has 1 N–H and O–H groups in total. The van der Waals surface area contributed by atoms with Gasteiger partial charge in [-0.1, -0.05) is 42.1 Å². The fraction of sp³-hybridized carbons (Fsp3) is 0.471. The van der Waals surface area contributed by atoms with E-state index in [1.807, 2.05) is 44.2 Å². The molecule has 0 saturated carbocycles. The lowest BCUT2D eigenvalue weighted by atomic mass is 10.1. The van der Waals surface area contributed by atoms with Crippen LogP contribution in [0.1, 0.15) is 25.8 Å². The van der Waals surface area contributed by atoms with Crippen molar-refractivity contribution in [3.8, 4) is 0 Å². The summed E-state index contributed by atoms with van der Waals surface area (Å²) in [7, 11) is 0. The number of rotatable bonds is 6. The molecule has 2 amide bonds. The molecular weight excluding hydrogens is 310 g/mol. The van der Waals surface area contributed by atoms with Crippen LogP contribution in [0.3, 0.4) is 0 Å². The molecule has 1 aromatic rings. The van der Waals surface area contributed by atoms with Gasteiger partial charge in [0, 0.05) is 26.1 Å². The largest absolute Gasteiger partial charge is 0.355 e. The van der Waals surface area contributed by atoms with E-state index in [1.54, 1.807) is 4.90 Å². The highest BCUT2D eigenvalue weighted by atomic mass is 32.2. The molecule has 1 heterocycles. The Morgan fingerprint density at radius 2 is 2.09 bits per heavy atom. The summed E-state index contributed by atoms with van der Waals surface area (Å²) in [6.45, 7) is 5.62. The molecule has 2 rings (SSSR count). The van der Waals surface area contributed by atoms with Crippen LogP contribution < -0.4 is 5.32 Å². The quantitative estimate of drug-likeness (QED) is 0.867. The van der Waals surface area contributed by atoms with Gasteiger partial charge in [-0.15, -0.1) is 0 Å². The van der Waals surface area contributed by atoms with Gasteiger partial charge in [-0.05, 0) is 25.8 Å². The van der Waals surface area contributed by atoms with E-state index in [9.17, 15) is 9.59 Å². The van der Waals surface area contributed by atoms with Gasteiger partial charge < -0.3 is 5.32 Å². The second-order valence-electron chi connectivity index (χ2n) is 5.23. The van der Waals surface area contributed by atoms with Gasteiger partial charge in [0.2, 0.25) is 11.8 Å². The Bertz CT molecular complexity index is 574. The van der Waals surface area contributed by atoms with Crippen LogP contribution in [0.2, 0.25) is 0 Å². The van der Waals surface area contributed by atoms with Crippen molar-refractivity contribution in [2.75, 3.05) is 19.6 Å². The molecule has 1 saturated heterocycles. The Morgan fingerprint density at radius 3 is 2.74 bits per heavy atom. The molecule has 1 atom stereocenters. The Labute approximate surface area is 141 Å². The number of hydrogen-bond acceptors (Lipinski definition) is 4. The lowest BCUT2D eigenvalue weighted by molar-refractivity contribution is -0.130. The molecule has 23 heavy (non-hydrogen) atoms. The first-order chi connectivity index (χ1) is 11.2. The minimum absolute atomic E-state index is 0.0262. The third-order valence-electron chi connectivity index (χ3n) is 3.60. The second-order valence-corrected chi connectivity index (χ2v) is 6.40. The lowest BCUT2D eigenvalue weighted by Gasteiger charge is -2.30. The third-order valence-corrected chi connectivity index (χ3v) is 4.82. The Balaban J connectivity index is 1.89. The molecule has 0 aliphatic carbocycles. The van der Waals surface area contributed by atoms with Crippen LogP contribution in [0.25, 0.3) is 0 Å². The highest BCUT2D eigenvalue weighted by Gasteiger charge is 2.34. The summed E-state index contributed by atoms with van der Waals surface area (Å²) in [6, 6.07) is 10.0. The fourth-order valence-corrected chi connectivity index (χ4v) is 3.64. The summed E-state index contributed by atoms with van der Waals surface area (Å²) in [6.07, 6.45) is 1.02. The molecule has 1 aliphatic rings. The molecule has 1 aliphatic heterocycles. The molecule has 1 fully saturated rings. The average Bonchev–Trinajstić information content (AvgIpc) is 2.56. The maximum Gasteiger partial charge on any atom is 0.234 e. The topological polar surface area (TPSA) is 61.8 Å². The summed E-state index contributed by atoms with van der Waals surface area (Å²) in [5.74, 6) is -0.111. The number of nitrogens with one attached hydrogen (secondary N) is 1. The zero-order valence-electron chi connectivity index (χ0n) is 13.6. The first-order valence-corrected chi connectivity index (χ1v) is 8.86. The molecule has 1 aromatic carbocycles. The maximum absolute atomic E-state index is 12.3. The average molecular weight is 333 g/mol. The van der Waals surface area contributed by atoms with Gasteiger partial charge in [-0.2, -0.15) is 0 Å². The number of thioether (sulfide) groups is 1. The standard InChI is InChI=1S/C17H23N3O2S/c1-3-18-17-20(4-2)15(21)12-14(23-17)16(22)19-11-10-13-8-6-5-7-9-13/h5-9,14H,3-4,10-12H2,1-2H3,(H,19,22)/t14-/m0/s1. The number of aliphatic imine (C=N–C) groups is 1. The summed E-state index contributed by atoms with van der Waals surface area (Å²) in [5.41, 5.74) is 1.19. The molecule has 0 radical (unpaired) electrons. The van der Waals surface area contributed by atoms with Gasteiger partial charge >= 0.3 is 0 Å². The van der Waals surface area contributed by atoms with Crippen molar-refractivity contribution < 1.29 is 9.59 Å². The van der Waals surface area contributed by atoms with Gasteiger partial charge in [-0.3, -0.25) is 19.5 Å². The van der Waals surface area contributed by atoms with E-state index < -0.39 is 0 Å². The minimum atomic E-state index is -0.383. The lowest BCUT2D eigenvalue weighted by Crippen LogP contribution is -2.47. The maximum atomic E-state index is 12.3. The van der Waals surface area contributed by atoms with Crippen molar-refractivity contribution in [1.82, 2.24) is 10.2 Å². The monoisotopic (exact) mass is 333 g/mol. The highest BCUT2D eigenvalue weighted by molar-refractivity contribution is 8.15. The number of nitrogens with zero attached hydrogens (tertiary/aromatic N) is 2. The zero-order chi connectivity index (χ0) is 16.7. The van der Waals surface area contributed by atoms with Crippen molar-refractivity contribution in [3.63, 3.8) is 0 Å². The van der Waals surface area contributed by atoms with Gasteiger partial charge in [-0.25, -0.2) is 0 Å². The van der Waals surface area contributed by atoms with Crippen LogP contribution in [0, 0.1) is 0 Å². The van der Waals surface area contributed by atoms with Gasteiger partial charge in [0.1, 0.15) is 0 Å². The predicted molar refractivity (Wildman–Crippen MR) is 94.5 cm³/mol. The van der Waals surface area contributed by atoms with Crippen molar-refractivity contribution in [1.29, 1.82) is 0 Å². The van der Waals surface area contributed by atoms with E-state index >= 15 is 0 Å². The molecular formula is C17H23N3O2S. The zero-order valence-corrected chi connectivity index (χ0v) is 14.4. The smallest absolute Gasteiger partial charge is 0.234 e. The van der Waals surface area contributed by atoms with E-state index in [4.69, 9.17) is 0 Å². The highest BCUT2D eigenvalue weighted by Crippen LogP contribution is 2.26. The molecule has 0 unspecified atom stereocenters. The number of hydrogen-bond donors (Lipinski definition) is 1. The van der Waals surface area contributed by atoms with Crippen molar-refractivity contribution >= 4 is 28.7 Å². The molecule has 5 nitrogen and oxygen atoms in total. The molecule has 0 spiro atoms. The molecule has 124 valence electrons. The number of carbonyl (C=O) groups is 2. The van der Waals surface area contributed by atoms with E-state index in [0.29, 0.717) is 24.8 Å². The van der Waals surface area contributed by atoms with Crippen LogP contribution in [-0.2, 0) is 16.0 Å². The predicted octanol–water partition coefficient (Wildman–Crippen LogP) is 2.08. The van der Waals surface area contributed by atoms with E-state index in [0.717, 1.165) is 6.42 Å². The van der Waals surface area contributed by atoms with Crippen LogP contribution in [-0.4, -0.2) is 46.8 Å². The number of amides is 2. The van der Waals surface area contributed by atoms with Crippen LogP contribution in [0.5, 0.6) is 0 Å². The normalized spacial score (nSPS) is 19.9. The van der Waals surface area contributed by atoms with Crippen molar-refractivity contribution in [3.05, 3.63) is 35.9 Å². The van der Waals surface area contributed by atoms with Crippen LogP contribution in [0.15, 0.2) is 35.3 Å². The Morgan fingerprint density at radius 1 is 1.35 bits per heavy atom. The van der Waals surface area contributed by atoms with Crippen LogP contribution in [0.4, 0.5) is 0 Å². The van der Waals surface area contributed by atoms with Gasteiger partial charge in [0.15, 0.2) is 5.17 Å². The number of benzene rings is 1. The van der Waals surface area contributed by atoms with Gasteiger partial charge in [0.25, 0.3) is 0 Å². The first-order valence-electron chi connectivity index (χ1n) is 7.98. The summed E-state index contributed by atoms with van der Waals surface area (Å²) in [4.78, 5) is 30.5. The second kappa shape index (κ2) is 8.72.